The Balaban J connectivity index is 2.55. The average Bonchev–Trinajstić information content (AvgIpc) is 2.04. The van der Waals surface area contributed by atoms with Crippen molar-refractivity contribution in [2.24, 2.45) is 5.41 Å². The van der Waals surface area contributed by atoms with Crippen molar-refractivity contribution in [2.45, 2.75) is 38.5 Å². The van der Waals surface area contributed by atoms with Gasteiger partial charge < -0.3 is 5.11 Å². The molecule has 2 N–H and O–H groups in total. The predicted molar refractivity (Wildman–Crippen MR) is 59.8 cm³/mol. The molecular formula is C9H16INO2. The van der Waals surface area contributed by atoms with Crippen LogP contribution >= 0.6 is 22.9 Å². The molecule has 0 unspecified atom stereocenters. The lowest BCUT2D eigenvalue weighted by Gasteiger charge is -2.35. The number of halogens is 1. The van der Waals surface area contributed by atoms with E-state index >= 15 is 0 Å². The number of carboxylic acid groups (broad SMARTS) is 1. The van der Waals surface area contributed by atoms with Gasteiger partial charge in [0.25, 0.3) is 0 Å². The molecule has 0 aromatic heterocycles. The van der Waals surface area contributed by atoms with Gasteiger partial charge in [0, 0.05) is 29.4 Å². The van der Waals surface area contributed by atoms with Crippen molar-refractivity contribution in [3.05, 3.63) is 0 Å². The summed E-state index contributed by atoms with van der Waals surface area (Å²) in [5.74, 6) is -0.659. The molecule has 0 radical (unpaired) electrons. The lowest BCUT2D eigenvalue weighted by Crippen LogP contribution is -2.34. The van der Waals surface area contributed by atoms with Crippen molar-refractivity contribution >= 4 is 28.8 Å². The fourth-order valence-electron chi connectivity index (χ4n) is 2.18. The second-order valence-electron chi connectivity index (χ2n) is 3.94. The van der Waals surface area contributed by atoms with E-state index in [1.54, 1.807) is 0 Å². The maximum Gasteiger partial charge on any atom is 0.303 e. The van der Waals surface area contributed by atoms with Gasteiger partial charge in [-0.15, -0.1) is 0 Å². The zero-order valence-corrected chi connectivity index (χ0v) is 9.84. The Bertz CT molecular complexity index is 173. The standard InChI is InChI=1S/C9H16INO2/c10-11-7-9(6-8(12)13)4-2-1-3-5-9/h11H,1-7H2,(H,12,13). The molecule has 0 amide bonds. The maximum absolute atomic E-state index is 10.7. The first kappa shape index (κ1) is 11.2. The Hall–Kier alpha value is 0.160. The van der Waals surface area contributed by atoms with E-state index in [0.29, 0.717) is 6.42 Å². The van der Waals surface area contributed by atoms with Gasteiger partial charge in [-0.3, -0.25) is 8.32 Å². The van der Waals surface area contributed by atoms with E-state index in [-0.39, 0.29) is 5.41 Å². The van der Waals surface area contributed by atoms with Crippen molar-refractivity contribution < 1.29 is 9.90 Å². The summed E-state index contributed by atoms with van der Waals surface area (Å²) in [4.78, 5) is 10.7. The minimum absolute atomic E-state index is 0.0330. The van der Waals surface area contributed by atoms with Crippen LogP contribution in [0.15, 0.2) is 0 Å². The molecule has 0 aliphatic heterocycles. The van der Waals surface area contributed by atoms with Gasteiger partial charge in [-0.1, -0.05) is 19.3 Å². The summed E-state index contributed by atoms with van der Waals surface area (Å²) in [6, 6.07) is 0. The van der Waals surface area contributed by atoms with Gasteiger partial charge in [-0.25, -0.2) is 0 Å². The first-order chi connectivity index (χ1) is 6.18. The number of rotatable bonds is 4. The maximum atomic E-state index is 10.7. The molecule has 1 fully saturated rings. The van der Waals surface area contributed by atoms with Crippen LogP contribution < -0.4 is 3.53 Å². The van der Waals surface area contributed by atoms with Crippen LogP contribution in [0.3, 0.4) is 0 Å². The van der Waals surface area contributed by atoms with Crippen LogP contribution in [0.1, 0.15) is 38.5 Å². The van der Waals surface area contributed by atoms with Crippen molar-refractivity contribution in [1.29, 1.82) is 0 Å². The largest absolute Gasteiger partial charge is 0.481 e. The number of hydrogen-bond donors (Lipinski definition) is 2. The highest BCUT2D eigenvalue weighted by Crippen LogP contribution is 2.38. The molecule has 4 heteroatoms. The fraction of sp³-hybridized carbons (Fsp3) is 0.889. The average molecular weight is 297 g/mol. The van der Waals surface area contributed by atoms with Gasteiger partial charge >= 0.3 is 5.97 Å². The molecule has 0 spiro atoms. The monoisotopic (exact) mass is 297 g/mol. The third-order valence-corrected chi connectivity index (χ3v) is 3.26. The van der Waals surface area contributed by atoms with Crippen molar-refractivity contribution in [3.8, 4) is 0 Å². The zero-order valence-electron chi connectivity index (χ0n) is 7.68. The van der Waals surface area contributed by atoms with Crippen molar-refractivity contribution in [2.75, 3.05) is 6.54 Å². The van der Waals surface area contributed by atoms with E-state index in [2.05, 4.69) is 26.4 Å². The van der Waals surface area contributed by atoms with Gasteiger partial charge in [0.1, 0.15) is 0 Å². The molecule has 1 aliphatic rings. The summed E-state index contributed by atoms with van der Waals surface area (Å²) < 4.78 is 3.09. The Morgan fingerprint density at radius 2 is 2.00 bits per heavy atom. The minimum atomic E-state index is -0.659. The summed E-state index contributed by atoms with van der Waals surface area (Å²) in [5.41, 5.74) is 0.0330. The van der Waals surface area contributed by atoms with Gasteiger partial charge in [0.15, 0.2) is 0 Å². The summed E-state index contributed by atoms with van der Waals surface area (Å²) in [6.07, 6.45) is 6.09. The van der Waals surface area contributed by atoms with Gasteiger partial charge in [0.05, 0.1) is 6.42 Å². The molecule has 0 aromatic carbocycles. The van der Waals surface area contributed by atoms with E-state index in [1.165, 1.54) is 19.3 Å². The lowest BCUT2D eigenvalue weighted by molar-refractivity contribution is -0.140. The predicted octanol–water partition coefficient (Wildman–Crippen LogP) is 2.35. The van der Waals surface area contributed by atoms with Gasteiger partial charge in [-0.2, -0.15) is 0 Å². The molecule has 76 valence electrons. The fourth-order valence-corrected chi connectivity index (χ4v) is 2.99. The van der Waals surface area contributed by atoms with Crippen LogP contribution in [0, 0.1) is 5.41 Å². The van der Waals surface area contributed by atoms with Crippen LogP contribution in [0.2, 0.25) is 0 Å². The van der Waals surface area contributed by atoms with E-state index < -0.39 is 5.97 Å². The van der Waals surface area contributed by atoms with E-state index in [9.17, 15) is 4.79 Å². The number of carbonyl (C=O) groups is 1. The summed E-state index contributed by atoms with van der Waals surface area (Å²) in [6.45, 7) is 0.833. The van der Waals surface area contributed by atoms with Gasteiger partial charge in [-0.05, 0) is 18.3 Å². The first-order valence-electron chi connectivity index (χ1n) is 4.74. The summed E-state index contributed by atoms with van der Waals surface area (Å²) >= 11 is 2.10. The van der Waals surface area contributed by atoms with Crippen LogP contribution in [0.5, 0.6) is 0 Å². The summed E-state index contributed by atoms with van der Waals surface area (Å²) in [7, 11) is 0. The number of aliphatic carboxylic acids is 1. The SMILES string of the molecule is O=C(O)CC1(CNI)CCCCC1. The Kier molecular flexibility index (Phi) is 4.45. The Labute approximate surface area is 92.8 Å². The molecule has 0 heterocycles. The molecule has 0 atom stereocenters. The molecule has 1 saturated carbocycles. The minimum Gasteiger partial charge on any atom is -0.481 e. The number of carboxylic acids is 1. The molecular weight excluding hydrogens is 281 g/mol. The van der Waals surface area contributed by atoms with Crippen LogP contribution in [0.25, 0.3) is 0 Å². The second-order valence-corrected chi connectivity index (χ2v) is 4.70. The van der Waals surface area contributed by atoms with Crippen molar-refractivity contribution in [1.82, 2.24) is 3.53 Å². The molecule has 1 aliphatic carbocycles. The molecule has 0 saturated heterocycles. The van der Waals surface area contributed by atoms with Gasteiger partial charge in [0.2, 0.25) is 0 Å². The topological polar surface area (TPSA) is 49.3 Å². The Morgan fingerprint density at radius 3 is 2.46 bits per heavy atom. The van der Waals surface area contributed by atoms with Crippen LogP contribution in [-0.4, -0.2) is 17.6 Å². The normalized spacial score (nSPS) is 21.3. The second kappa shape index (κ2) is 5.14. The highest BCUT2D eigenvalue weighted by Gasteiger charge is 2.33. The molecule has 13 heavy (non-hydrogen) atoms. The third kappa shape index (κ3) is 3.42. The summed E-state index contributed by atoms with van der Waals surface area (Å²) in [5, 5.41) is 8.83. The highest BCUT2D eigenvalue weighted by molar-refractivity contribution is 14.1. The zero-order chi connectivity index (χ0) is 9.73. The number of nitrogens with one attached hydrogen (secondary N) is 1. The van der Waals surface area contributed by atoms with E-state index in [1.807, 2.05) is 0 Å². The highest BCUT2D eigenvalue weighted by atomic mass is 127. The van der Waals surface area contributed by atoms with E-state index in [4.69, 9.17) is 5.11 Å². The van der Waals surface area contributed by atoms with E-state index in [0.717, 1.165) is 19.4 Å². The third-order valence-electron chi connectivity index (χ3n) is 2.88. The van der Waals surface area contributed by atoms with Crippen LogP contribution in [-0.2, 0) is 4.79 Å². The van der Waals surface area contributed by atoms with Crippen LogP contribution in [0.4, 0.5) is 0 Å². The smallest absolute Gasteiger partial charge is 0.303 e. The van der Waals surface area contributed by atoms with Crippen molar-refractivity contribution in [3.63, 3.8) is 0 Å². The quantitative estimate of drug-likeness (QED) is 0.618. The molecule has 0 aromatic rings. The molecule has 1 rings (SSSR count). The first-order valence-corrected chi connectivity index (χ1v) is 5.82. The molecule has 0 bridgehead atoms. The molecule has 3 nitrogen and oxygen atoms in total. The Morgan fingerprint density at radius 1 is 1.38 bits per heavy atom. The number of hydrogen-bond acceptors (Lipinski definition) is 2. The lowest BCUT2D eigenvalue weighted by atomic mass is 9.72.